The SMILES string of the molecule is CNC1CCC(C(=O)NCCN(C)C)CC1. The normalized spacial score (nSPS) is 25.8. The zero-order valence-electron chi connectivity index (χ0n) is 10.8. The van der Waals surface area contributed by atoms with Crippen LogP contribution >= 0.6 is 0 Å². The Morgan fingerprint density at radius 2 is 1.88 bits per heavy atom. The van der Waals surface area contributed by atoms with Crippen LogP contribution in [0, 0.1) is 5.92 Å². The molecule has 1 aliphatic carbocycles. The third kappa shape index (κ3) is 4.49. The van der Waals surface area contributed by atoms with Crippen LogP contribution in [0.15, 0.2) is 0 Å². The van der Waals surface area contributed by atoms with E-state index in [0.29, 0.717) is 6.04 Å². The number of nitrogens with zero attached hydrogens (tertiary/aromatic N) is 1. The Bertz CT molecular complexity index is 210. The molecular weight excluding hydrogens is 202 g/mol. The van der Waals surface area contributed by atoms with E-state index in [1.807, 2.05) is 21.1 Å². The van der Waals surface area contributed by atoms with Gasteiger partial charge in [0.05, 0.1) is 0 Å². The molecule has 1 amide bonds. The van der Waals surface area contributed by atoms with E-state index in [9.17, 15) is 4.79 Å². The number of hydrogen-bond acceptors (Lipinski definition) is 3. The van der Waals surface area contributed by atoms with Crippen LogP contribution in [0.3, 0.4) is 0 Å². The molecule has 4 nitrogen and oxygen atoms in total. The topological polar surface area (TPSA) is 44.4 Å². The standard InChI is InChI=1S/C12H25N3O/c1-13-11-6-4-10(5-7-11)12(16)14-8-9-15(2)3/h10-11,13H,4-9H2,1-3H3,(H,14,16). The fourth-order valence-corrected chi connectivity index (χ4v) is 2.19. The summed E-state index contributed by atoms with van der Waals surface area (Å²) in [6, 6.07) is 0.617. The third-order valence-corrected chi connectivity index (χ3v) is 3.36. The number of rotatable bonds is 5. The summed E-state index contributed by atoms with van der Waals surface area (Å²) in [6.07, 6.45) is 4.31. The maximum Gasteiger partial charge on any atom is 0.223 e. The summed E-state index contributed by atoms with van der Waals surface area (Å²) in [4.78, 5) is 13.9. The van der Waals surface area contributed by atoms with Gasteiger partial charge >= 0.3 is 0 Å². The van der Waals surface area contributed by atoms with Gasteiger partial charge in [0.15, 0.2) is 0 Å². The van der Waals surface area contributed by atoms with Crippen LogP contribution in [0.1, 0.15) is 25.7 Å². The first-order valence-electron chi connectivity index (χ1n) is 6.23. The van der Waals surface area contributed by atoms with Crippen LogP contribution in [0.2, 0.25) is 0 Å². The van der Waals surface area contributed by atoms with Crippen LogP contribution in [-0.2, 0) is 4.79 Å². The fraction of sp³-hybridized carbons (Fsp3) is 0.917. The van der Waals surface area contributed by atoms with Gasteiger partial charge in [0, 0.05) is 25.0 Å². The zero-order valence-corrected chi connectivity index (χ0v) is 10.8. The van der Waals surface area contributed by atoms with Gasteiger partial charge in [-0.15, -0.1) is 0 Å². The molecule has 0 saturated heterocycles. The first-order chi connectivity index (χ1) is 7.63. The van der Waals surface area contributed by atoms with Crippen LogP contribution in [0.4, 0.5) is 0 Å². The van der Waals surface area contributed by atoms with Crippen LogP contribution in [0.25, 0.3) is 0 Å². The molecule has 94 valence electrons. The second kappa shape index (κ2) is 6.86. The second-order valence-corrected chi connectivity index (χ2v) is 4.93. The summed E-state index contributed by atoms with van der Waals surface area (Å²) in [5.74, 6) is 0.489. The minimum Gasteiger partial charge on any atom is -0.355 e. The summed E-state index contributed by atoms with van der Waals surface area (Å²) < 4.78 is 0. The lowest BCUT2D eigenvalue weighted by molar-refractivity contribution is -0.126. The van der Waals surface area contributed by atoms with E-state index in [2.05, 4.69) is 15.5 Å². The molecule has 0 radical (unpaired) electrons. The van der Waals surface area contributed by atoms with Crippen molar-refractivity contribution < 1.29 is 4.79 Å². The number of carbonyl (C=O) groups is 1. The highest BCUT2D eigenvalue weighted by molar-refractivity contribution is 5.78. The molecule has 0 aromatic rings. The Balaban J connectivity index is 2.18. The van der Waals surface area contributed by atoms with Gasteiger partial charge in [-0.25, -0.2) is 0 Å². The molecule has 1 rings (SSSR count). The molecule has 1 aliphatic rings. The number of hydrogen-bond donors (Lipinski definition) is 2. The van der Waals surface area contributed by atoms with Crippen LogP contribution in [0.5, 0.6) is 0 Å². The Hall–Kier alpha value is -0.610. The molecule has 1 fully saturated rings. The first-order valence-corrected chi connectivity index (χ1v) is 6.23. The molecule has 0 bridgehead atoms. The van der Waals surface area contributed by atoms with Crippen molar-refractivity contribution in [2.75, 3.05) is 34.2 Å². The number of likely N-dealkylation sites (N-methyl/N-ethyl adjacent to an activating group) is 1. The fourth-order valence-electron chi connectivity index (χ4n) is 2.19. The van der Waals surface area contributed by atoms with Gasteiger partial charge in [-0.2, -0.15) is 0 Å². The lowest BCUT2D eigenvalue weighted by Gasteiger charge is -2.27. The first kappa shape index (κ1) is 13.5. The van der Waals surface area contributed by atoms with Crippen molar-refractivity contribution >= 4 is 5.91 Å². The van der Waals surface area contributed by atoms with Gasteiger partial charge < -0.3 is 15.5 Å². The number of carbonyl (C=O) groups excluding carboxylic acids is 1. The van der Waals surface area contributed by atoms with E-state index in [4.69, 9.17) is 0 Å². The predicted octanol–water partition coefficient (Wildman–Crippen LogP) is 0.442. The molecule has 16 heavy (non-hydrogen) atoms. The van der Waals surface area contributed by atoms with Gasteiger partial charge in [-0.05, 0) is 46.8 Å². The maximum atomic E-state index is 11.8. The maximum absolute atomic E-state index is 11.8. The molecule has 2 N–H and O–H groups in total. The Labute approximate surface area is 98.8 Å². The van der Waals surface area contributed by atoms with E-state index in [0.717, 1.165) is 38.8 Å². The average Bonchev–Trinajstić information content (AvgIpc) is 2.28. The third-order valence-electron chi connectivity index (χ3n) is 3.36. The summed E-state index contributed by atoms with van der Waals surface area (Å²) in [5, 5.41) is 6.30. The molecule has 0 aliphatic heterocycles. The molecule has 1 saturated carbocycles. The summed E-state index contributed by atoms with van der Waals surface area (Å²) >= 11 is 0. The van der Waals surface area contributed by atoms with E-state index >= 15 is 0 Å². The van der Waals surface area contributed by atoms with Crippen molar-refractivity contribution in [3.63, 3.8) is 0 Å². The minimum absolute atomic E-state index is 0.242. The quantitative estimate of drug-likeness (QED) is 0.716. The Morgan fingerprint density at radius 3 is 2.38 bits per heavy atom. The molecule has 0 atom stereocenters. The highest BCUT2D eigenvalue weighted by Crippen LogP contribution is 2.23. The lowest BCUT2D eigenvalue weighted by Crippen LogP contribution is -2.39. The molecule has 4 heteroatoms. The molecule has 0 aromatic carbocycles. The van der Waals surface area contributed by atoms with Crippen molar-refractivity contribution in [1.82, 2.24) is 15.5 Å². The molecule has 0 heterocycles. The van der Waals surface area contributed by atoms with E-state index in [-0.39, 0.29) is 11.8 Å². The van der Waals surface area contributed by atoms with Crippen molar-refractivity contribution in [3.05, 3.63) is 0 Å². The van der Waals surface area contributed by atoms with Gasteiger partial charge in [0.25, 0.3) is 0 Å². The lowest BCUT2D eigenvalue weighted by atomic mass is 9.85. The highest BCUT2D eigenvalue weighted by atomic mass is 16.1. The number of nitrogens with one attached hydrogen (secondary N) is 2. The second-order valence-electron chi connectivity index (χ2n) is 4.93. The van der Waals surface area contributed by atoms with E-state index < -0.39 is 0 Å². The van der Waals surface area contributed by atoms with Gasteiger partial charge in [-0.1, -0.05) is 0 Å². The van der Waals surface area contributed by atoms with Crippen molar-refractivity contribution in [1.29, 1.82) is 0 Å². The smallest absolute Gasteiger partial charge is 0.223 e. The van der Waals surface area contributed by atoms with Gasteiger partial charge in [-0.3, -0.25) is 4.79 Å². The van der Waals surface area contributed by atoms with Crippen molar-refractivity contribution in [2.45, 2.75) is 31.7 Å². The van der Waals surface area contributed by atoms with Crippen LogP contribution < -0.4 is 10.6 Å². The average molecular weight is 227 g/mol. The van der Waals surface area contributed by atoms with Gasteiger partial charge in [0.1, 0.15) is 0 Å². The summed E-state index contributed by atoms with van der Waals surface area (Å²) in [7, 11) is 6.04. The Morgan fingerprint density at radius 1 is 1.25 bits per heavy atom. The predicted molar refractivity (Wildman–Crippen MR) is 66.4 cm³/mol. The number of amides is 1. The zero-order chi connectivity index (χ0) is 12.0. The summed E-state index contributed by atoms with van der Waals surface area (Å²) in [5.41, 5.74) is 0. The molecular formula is C12H25N3O. The van der Waals surface area contributed by atoms with Gasteiger partial charge in [0.2, 0.25) is 5.91 Å². The van der Waals surface area contributed by atoms with Crippen LogP contribution in [-0.4, -0.2) is 51.1 Å². The van der Waals surface area contributed by atoms with Crippen molar-refractivity contribution in [3.8, 4) is 0 Å². The molecule has 0 spiro atoms. The van der Waals surface area contributed by atoms with E-state index in [1.54, 1.807) is 0 Å². The Kier molecular flexibility index (Phi) is 5.77. The molecule has 0 unspecified atom stereocenters. The monoisotopic (exact) mass is 227 g/mol. The van der Waals surface area contributed by atoms with Crippen molar-refractivity contribution in [2.24, 2.45) is 5.92 Å². The highest BCUT2D eigenvalue weighted by Gasteiger charge is 2.24. The minimum atomic E-state index is 0.242. The summed E-state index contributed by atoms with van der Waals surface area (Å²) in [6.45, 7) is 1.68. The molecule has 0 aromatic heterocycles. The largest absolute Gasteiger partial charge is 0.355 e. The van der Waals surface area contributed by atoms with E-state index in [1.165, 1.54) is 0 Å².